The summed E-state index contributed by atoms with van der Waals surface area (Å²) in [5.74, 6) is -2.01. The van der Waals surface area contributed by atoms with Gasteiger partial charge in [0.05, 0.1) is 6.61 Å². The summed E-state index contributed by atoms with van der Waals surface area (Å²) in [7, 11) is 0. The molecule has 2 atom stereocenters. The molecule has 1 fully saturated rings. The van der Waals surface area contributed by atoms with Gasteiger partial charge in [-0.05, 0) is 19.8 Å². The van der Waals surface area contributed by atoms with E-state index in [0.29, 0.717) is 11.4 Å². The van der Waals surface area contributed by atoms with Crippen molar-refractivity contribution in [3.8, 4) is 12.3 Å². The normalized spacial score (nSPS) is 16.0. The van der Waals surface area contributed by atoms with Crippen molar-refractivity contribution in [3.63, 3.8) is 0 Å². The molecular formula is C20H27N5O7. The minimum absolute atomic E-state index is 0.0613. The molecule has 1 rings (SSSR count). The van der Waals surface area contributed by atoms with Gasteiger partial charge in [0.1, 0.15) is 18.6 Å². The van der Waals surface area contributed by atoms with Gasteiger partial charge in [-0.1, -0.05) is 0 Å². The van der Waals surface area contributed by atoms with Crippen molar-refractivity contribution < 1.29 is 33.5 Å². The Hall–Kier alpha value is -3.88. The Morgan fingerprint density at radius 2 is 1.97 bits per heavy atom. The molecule has 174 valence electrons. The first-order valence-electron chi connectivity index (χ1n) is 9.86. The first-order valence-corrected chi connectivity index (χ1v) is 9.86. The molecule has 32 heavy (non-hydrogen) atoms. The second-order valence-corrected chi connectivity index (χ2v) is 6.80. The number of primary amides is 1. The monoisotopic (exact) mass is 449 g/mol. The summed E-state index contributed by atoms with van der Waals surface area (Å²) in [6.07, 6.45) is 7.66. The fourth-order valence-corrected chi connectivity index (χ4v) is 3.02. The van der Waals surface area contributed by atoms with E-state index >= 15 is 0 Å². The number of rotatable bonds is 9. The highest BCUT2D eigenvalue weighted by Crippen LogP contribution is 2.19. The van der Waals surface area contributed by atoms with Crippen LogP contribution in [0.4, 0.5) is 0 Å². The molecule has 4 N–H and O–H groups in total. The van der Waals surface area contributed by atoms with Crippen molar-refractivity contribution in [1.82, 2.24) is 20.7 Å². The summed E-state index contributed by atoms with van der Waals surface area (Å²) in [5.41, 5.74) is 7.40. The Balaban J connectivity index is 2.95. The lowest BCUT2D eigenvalue weighted by Gasteiger charge is -2.29. The number of amides is 5. The number of nitrogens with two attached hydrogens (primary N) is 1. The largest absolute Gasteiger partial charge is 0.463 e. The average Bonchev–Trinajstić information content (AvgIpc) is 3.20. The van der Waals surface area contributed by atoms with Crippen molar-refractivity contribution in [3.05, 3.63) is 12.2 Å². The molecule has 0 aliphatic carbocycles. The van der Waals surface area contributed by atoms with Crippen LogP contribution in [0.5, 0.6) is 0 Å². The molecule has 5 amide bonds. The molecule has 0 radical (unpaired) electrons. The molecular weight excluding hydrogens is 422 g/mol. The maximum atomic E-state index is 12.8. The summed E-state index contributed by atoms with van der Waals surface area (Å²) in [4.78, 5) is 73.3. The first kappa shape index (κ1) is 26.2. The summed E-state index contributed by atoms with van der Waals surface area (Å²) in [6, 6.07) is -1.96. The highest BCUT2D eigenvalue weighted by atomic mass is 16.5. The first-order chi connectivity index (χ1) is 15.1. The van der Waals surface area contributed by atoms with Crippen LogP contribution in [0.25, 0.3) is 0 Å². The molecule has 1 saturated heterocycles. The number of hydrogen-bond donors (Lipinski definition) is 3. The van der Waals surface area contributed by atoms with Crippen LogP contribution in [0.2, 0.25) is 0 Å². The Morgan fingerprint density at radius 1 is 1.28 bits per heavy atom. The van der Waals surface area contributed by atoms with Gasteiger partial charge in [0, 0.05) is 32.0 Å². The van der Waals surface area contributed by atoms with Crippen LogP contribution in [0.15, 0.2) is 12.2 Å². The molecule has 0 unspecified atom stereocenters. The van der Waals surface area contributed by atoms with Gasteiger partial charge in [-0.2, -0.15) is 0 Å². The van der Waals surface area contributed by atoms with E-state index in [1.165, 1.54) is 11.8 Å². The molecule has 12 heteroatoms. The third-order valence-corrected chi connectivity index (χ3v) is 4.31. The molecule has 0 saturated carbocycles. The van der Waals surface area contributed by atoms with E-state index in [9.17, 15) is 28.8 Å². The number of nitrogens with zero attached hydrogens (tertiary/aromatic N) is 2. The van der Waals surface area contributed by atoms with Gasteiger partial charge in [-0.3, -0.25) is 29.4 Å². The van der Waals surface area contributed by atoms with Crippen molar-refractivity contribution in [1.29, 1.82) is 0 Å². The summed E-state index contributed by atoms with van der Waals surface area (Å²) < 4.78 is 4.66. The Labute approximate surface area is 185 Å². The number of nitrogens with one attached hydrogen (secondary N) is 2. The average molecular weight is 449 g/mol. The predicted molar refractivity (Wildman–Crippen MR) is 111 cm³/mol. The zero-order chi connectivity index (χ0) is 24.3. The van der Waals surface area contributed by atoms with Crippen molar-refractivity contribution in [2.75, 3.05) is 19.7 Å². The molecule has 0 aromatic rings. The zero-order valence-electron chi connectivity index (χ0n) is 18.0. The van der Waals surface area contributed by atoms with Gasteiger partial charge < -0.3 is 20.7 Å². The molecule has 1 aliphatic heterocycles. The van der Waals surface area contributed by atoms with Gasteiger partial charge in [-0.25, -0.2) is 9.80 Å². The topological polar surface area (TPSA) is 168 Å². The molecule has 12 nitrogen and oxygen atoms in total. The van der Waals surface area contributed by atoms with E-state index < -0.39 is 54.1 Å². The summed E-state index contributed by atoms with van der Waals surface area (Å²) in [6.45, 7) is 2.50. The third-order valence-electron chi connectivity index (χ3n) is 4.31. The number of terminal acetylenes is 1. The number of ether oxygens (including phenoxy) is 1. The fourth-order valence-electron chi connectivity index (χ4n) is 3.02. The maximum Gasteiger partial charge on any atom is 0.330 e. The highest BCUT2D eigenvalue weighted by molar-refractivity contribution is 5.98. The molecule has 0 spiro atoms. The summed E-state index contributed by atoms with van der Waals surface area (Å²) >= 11 is 0. The predicted octanol–water partition coefficient (Wildman–Crippen LogP) is -2.03. The Morgan fingerprint density at radius 3 is 2.53 bits per heavy atom. The van der Waals surface area contributed by atoms with Crippen LogP contribution >= 0.6 is 0 Å². The van der Waals surface area contributed by atoms with E-state index in [-0.39, 0.29) is 26.0 Å². The highest BCUT2D eigenvalue weighted by Gasteiger charge is 2.38. The quantitative estimate of drug-likeness (QED) is 0.158. The van der Waals surface area contributed by atoms with Crippen molar-refractivity contribution in [2.45, 2.75) is 45.2 Å². The van der Waals surface area contributed by atoms with Crippen LogP contribution in [-0.4, -0.2) is 77.2 Å². The van der Waals surface area contributed by atoms with Crippen LogP contribution in [0.1, 0.15) is 33.1 Å². The smallest absolute Gasteiger partial charge is 0.330 e. The Bertz CT molecular complexity index is 833. The molecule has 0 bridgehead atoms. The second kappa shape index (κ2) is 12.7. The van der Waals surface area contributed by atoms with Crippen LogP contribution in [0.3, 0.4) is 0 Å². The standard InChI is InChI=1S/C20H27N5O7/c1-4-7-14(22-13(3)26)20(31)24-11-6-8-15(24)19(30)23-25(12-16(21)27)17(28)9-10-18(29)32-5-2/h1,9-10,14-15H,5-8,11-12H2,2-3H3,(H2,21,27)(H,22,26)(H,23,30)/b10-9+/t14-,15-/m0/s1. The van der Waals surface area contributed by atoms with Crippen LogP contribution < -0.4 is 16.5 Å². The van der Waals surface area contributed by atoms with E-state index in [2.05, 4.69) is 21.4 Å². The fraction of sp³-hybridized carbons (Fsp3) is 0.500. The van der Waals surface area contributed by atoms with Gasteiger partial charge in [0.2, 0.25) is 17.7 Å². The molecule has 1 heterocycles. The number of carbonyl (C=O) groups excluding carboxylic acids is 6. The number of carbonyl (C=O) groups is 6. The molecule has 0 aromatic heterocycles. The lowest BCUT2D eigenvalue weighted by Crippen LogP contribution is -2.57. The maximum absolute atomic E-state index is 12.8. The van der Waals surface area contributed by atoms with Gasteiger partial charge in [0.15, 0.2) is 0 Å². The van der Waals surface area contributed by atoms with Gasteiger partial charge in [0.25, 0.3) is 11.8 Å². The third kappa shape index (κ3) is 8.10. The van der Waals surface area contributed by atoms with Crippen molar-refractivity contribution >= 4 is 35.5 Å². The number of esters is 1. The van der Waals surface area contributed by atoms with Gasteiger partial charge >= 0.3 is 5.97 Å². The minimum Gasteiger partial charge on any atom is -0.463 e. The van der Waals surface area contributed by atoms with E-state index in [4.69, 9.17) is 12.2 Å². The molecule has 0 aromatic carbocycles. The lowest BCUT2D eigenvalue weighted by molar-refractivity contribution is -0.146. The molecule has 1 aliphatic rings. The second-order valence-electron chi connectivity index (χ2n) is 6.80. The van der Waals surface area contributed by atoms with E-state index in [1.54, 1.807) is 6.92 Å². The van der Waals surface area contributed by atoms with Crippen LogP contribution in [0, 0.1) is 12.3 Å². The Kier molecular flexibility index (Phi) is 10.4. The van der Waals surface area contributed by atoms with Crippen LogP contribution in [-0.2, 0) is 33.5 Å². The summed E-state index contributed by atoms with van der Waals surface area (Å²) in [5, 5.41) is 3.09. The van der Waals surface area contributed by atoms with E-state index in [0.717, 1.165) is 12.2 Å². The van der Waals surface area contributed by atoms with Crippen molar-refractivity contribution in [2.24, 2.45) is 5.73 Å². The number of likely N-dealkylation sites (tertiary alicyclic amines) is 1. The number of hydrogen-bond acceptors (Lipinski definition) is 7. The zero-order valence-corrected chi connectivity index (χ0v) is 18.0. The SMILES string of the molecule is C#CC[C@H](NC(C)=O)C(=O)N1CCC[C@H]1C(=O)NN(CC(N)=O)C(=O)/C=C/C(=O)OCC. The van der Waals surface area contributed by atoms with Gasteiger partial charge in [-0.15, -0.1) is 12.3 Å². The van der Waals surface area contributed by atoms with E-state index in [1.807, 2.05) is 0 Å². The number of hydrazine groups is 1. The minimum atomic E-state index is -0.998. The lowest BCUT2D eigenvalue weighted by atomic mass is 10.1.